The van der Waals surface area contributed by atoms with Crippen molar-refractivity contribution in [3.63, 3.8) is 0 Å². The first-order valence-electron chi connectivity index (χ1n) is 7.33. The molecule has 2 aromatic rings. The first-order chi connectivity index (χ1) is 10.7. The van der Waals surface area contributed by atoms with Gasteiger partial charge in [-0.1, -0.05) is 0 Å². The minimum Gasteiger partial charge on any atom is -0.458 e. The summed E-state index contributed by atoms with van der Waals surface area (Å²) in [5, 5.41) is 0. The Balaban J connectivity index is 2.49. The van der Waals surface area contributed by atoms with Crippen LogP contribution in [0.4, 0.5) is 0 Å². The number of nitrogens with zero attached hydrogens (tertiary/aromatic N) is 3. The summed E-state index contributed by atoms with van der Waals surface area (Å²) >= 11 is 0. The maximum atomic E-state index is 12.4. The lowest BCUT2D eigenvalue weighted by molar-refractivity contribution is -0.138. The zero-order valence-electron chi connectivity index (χ0n) is 13.9. The van der Waals surface area contributed by atoms with Gasteiger partial charge < -0.3 is 9.14 Å². The molecule has 0 spiro atoms. The smallest absolute Gasteiger partial charge is 0.358 e. The Labute approximate surface area is 138 Å². The van der Waals surface area contributed by atoms with Gasteiger partial charge in [0.1, 0.15) is 16.6 Å². The van der Waals surface area contributed by atoms with Gasteiger partial charge in [0, 0.05) is 24.2 Å². The van der Waals surface area contributed by atoms with Crippen molar-refractivity contribution < 1.29 is 13.7 Å². The standard InChI is InChI=1S/C16H21N3O3S/c1-11(2)22-15(20)14(18-23(21)16(3,4)5)12-6-7-13-17-8-9-19(13)10-12/h6-11H,1-5H3/b18-14-/t23-/m0/s1. The Bertz CT molecular complexity index is 772. The minimum atomic E-state index is -1.57. The van der Waals surface area contributed by atoms with Crippen molar-refractivity contribution in [2.24, 2.45) is 4.40 Å². The summed E-state index contributed by atoms with van der Waals surface area (Å²) in [6.45, 7) is 8.93. The van der Waals surface area contributed by atoms with Crippen LogP contribution >= 0.6 is 0 Å². The van der Waals surface area contributed by atoms with E-state index in [0.717, 1.165) is 5.65 Å². The molecule has 2 heterocycles. The number of esters is 1. The number of hydrogen-bond donors (Lipinski definition) is 0. The molecule has 7 heteroatoms. The van der Waals surface area contributed by atoms with Gasteiger partial charge in [0.15, 0.2) is 5.71 Å². The Hall–Kier alpha value is -2.02. The number of hydrogen-bond acceptors (Lipinski definition) is 4. The molecule has 0 fully saturated rings. The second-order valence-electron chi connectivity index (χ2n) is 6.37. The summed E-state index contributed by atoms with van der Waals surface area (Å²) in [7, 11) is -1.57. The fourth-order valence-electron chi connectivity index (χ4n) is 1.76. The number of imidazole rings is 1. The highest BCUT2D eigenvalue weighted by atomic mass is 32.2. The highest BCUT2D eigenvalue weighted by Gasteiger charge is 2.24. The predicted octanol–water partition coefficient (Wildman–Crippen LogP) is 2.54. The van der Waals surface area contributed by atoms with Crippen molar-refractivity contribution in [1.29, 1.82) is 0 Å². The monoisotopic (exact) mass is 335 g/mol. The third-order valence-electron chi connectivity index (χ3n) is 2.90. The normalized spacial score (nSPS) is 14.3. The molecule has 0 aliphatic rings. The van der Waals surface area contributed by atoms with E-state index in [2.05, 4.69) is 9.38 Å². The van der Waals surface area contributed by atoms with E-state index in [-0.39, 0.29) is 11.8 Å². The second-order valence-corrected chi connectivity index (χ2v) is 8.27. The molecule has 6 nitrogen and oxygen atoms in total. The van der Waals surface area contributed by atoms with Gasteiger partial charge >= 0.3 is 5.97 Å². The molecule has 0 aliphatic heterocycles. The molecule has 124 valence electrons. The average molecular weight is 335 g/mol. The van der Waals surface area contributed by atoms with Gasteiger partial charge in [0.2, 0.25) is 0 Å². The summed E-state index contributed by atoms with van der Waals surface area (Å²) in [6, 6.07) is 3.50. The molecular weight excluding hydrogens is 314 g/mol. The zero-order valence-corrected chi connectivity index (χ0v) is 14.8. The number of carbonyl (C=O) groups is 1. The van der Waals surface area contributed by atoms with Crippen molar-refractivity contribution in [2.45, 2.75) is 45.5 Å². The van der Waals surface area contributed by atoms with Gasteiger partial charge in [-0.25, -0.2) is 14.0 Å². The first kappa shape index (κ1) is 17.3. The lowest BCUT2D eigenvalue weighted by Gasteiger charge is -2.15. The Morgan fingerprint density at radius 1 is 1.35 bits per heavy atom. The van der Waals surface area contributed by atoms with E-state index in [1.165, 1.54) is 0 Å². The van der Waals surface area contributed by atoms with Gasteiger partial charge in [-0.15, -0.1) is 0 Å². The van der Waals surface area contributed by atoms with E-state index in [1.54, 1.807) is 69.7 Å². The number of ether oxygens (including phenoxy) is 1. The Kier molecular flexibility index (Phi) is 4.99. The summed E-state index contributed by atoms with van der Waals surface area (Å²) in [6.07, 6.45) is 4.87. The predicted molar refractivity (Wildman–Crippen MR) is 90.9 cm³/mol. The highest BCUT2D eigenvalue weighted by Crippen LogP contribution is 2.15. The molecule has 0 radical (unpaired) electrons. The summed E-state index contributed by atoms with van der Waals surface area (Å²) in [4.78, 5) is 16.5. The molecule has 0 saturated carbocycles. The van der Waals surface area contributed by atoms with E-state index in [1.807, 2.05) is 0 Å². The molecule has 23 heavy (non-hydrogen) atoms. The molecule has 0 aromatic carbocycles. The van der Waals surface area contributed by atoms with Crippen LogP contribution in [0.25, 0.3) is 5.65 Å². The van der Waals surface area contributed by atoms with Crippen LogP contribution in [-0.4, -0.2) is 36.1 Å². The van der Waals surface area contributed by atoms with Gasteiger partial charge in [-0.05, 0) is 46.8 Å². The molecule has 0 aliphatic carbocycles. The Morgan fingerprint density at radius 3 is 2.65 bits per heavy atom. The van der Waals surface area contributed by atoms with Crippen LogP contribution < -0.4 is 0 Å². The van der Waals surface area contributed by atoms with Crippen molar-refractivity contribution in [2.75, 3.05) is 0 Å². The maximum Gasteiger partial charge on any atom is 0.358 e. The first-order valence-corrected chi connectivity index (χ1v) is 8.44. The third-order valence-corrected chi connectivity index (χ3v) is 4.29. The number of carbonyl (C=O) groups excluding carboxylic acids is 1. The number of pyridine rings is 1. The molecule has 0 amide bonds. The van der Waals surface area contributed by atoms with Crippen LogP contribution in [0.5, 0.6) is 0 Å². The largest absolute Gasteiger partial charge is 0.458 e. The van der Waals surface area contributed by atoms with Crippen LogP contribution in [0.3, 0.4) is 0 Å². The van der Waals surface area contributed by atoms with E-state index in [0.29, 0.717) is 5.56 Å². The van der Waals surface area contributed by atoms with Crippen molar-refractivity contribution in [1.82, 2.24) is 9.38 Å². The van der Waals surface area contributed by atoms with Gasteiger partial charge in [0.25, 0.3) is 0 Å². The SMILES string of the molecule is CC(C)OC(=O)/C(=N\[S@@](=O)C(C)(C)C)c1ccc2nccn2c1. The third kappa shape index (κ3) is 4.25. The highest BCUT2D eigenvalue weighted by molar-refractivity contribution is 7.85. The van der Waals surface area contributed by atoms with Crippen molar-refractivity contribution >= 4 is 28.3 Å². The van der Waals surface area contributed by atoms with Crippen LogP contribution in [0, 0.1) is 0 Å². The van der Waals surface area contributed by atoms with Crippen molar-refractivity contribution in [3.05, 3.63) is 36.3 Å². The van der Waals surface area contributed by atoms with Crippen LogP contribution in [0.15, 0.2) is 35.1 Å². The lowest BCUT2D eigenvalue weighted by Crippen LogP contribution is -2.26. The topological polar surface area (TPSA) is 73.0 Å². The zero-order chi connectivity index (χ0) is 17.2. The fraction of sp³-hybridized carbons (Fsp3) is 0.438. The van der Waals surface area contributed by atoms with E-state index >= 15 is 0 Å². The van der Waals surface area contributed by atoms with Gasteiger partial charge in [-0.3, -0.25) is 0 Å². The molecule has 2 rings (SSSR count). The molecule has 0 bridgehead atoms. The summed E-state index contributed by atoms with van der Waals surface area (Å²) < 4.78 is 22.9. The molecule has 2 aromatic heterocycles. The van der Waals surface area contributed by atoms with Crippen LogP contribution in [0.2, 0.25) is 0 Å². The van der Waals surface area contributed by atoms with E-state index < -0.39 is 21.7 Å². The van der Waals surface area contributed by atoms with E-state index in [9.17, 15) is 9.00 Å². The van der Waals surface area contributed by atoms with E-state index in [4.69, 9.17) is 4.74 Å². The second kappa shape index (κ2) is 6.62. The molecule has 0 saturated heterocycles. The molecule has 1 atom stereocenters. The van der Waals surface area contributed by atoms with Crippen LogP contribution in [0.1, 0.15) is 40.2 Å². The quantitative estimate of drug-likeness (QED) is 0.636. The van der Waals surface area contributed by atoms with Gasteiger partial charge in [0.05, 0.1) is 10.9 Å². The average Bonchev–Trinajstić information content (AvgIpc) is 2.89. The molecule has 0 N–H and O–H groups in total. The van der Waals surface area contributed by atoms with Crippen LogP contribution in [-0.2, 0) is 20.5 Å². The number of aromatic nitrogens is 2. The maximum absolute atomic E-state index is 12.4. The Morgan fingerprint density at radius 2 is 2.04 bits per heavy atom. The summed E-state index contributed by atoms with van der Waals surface area (Å²) in [5.41, 5.74) is 1.35. The summed E-state index contributed by atoms with van der Waals surface area (Å²) in [5.74, 6) is -0.586. The lowest BCUT2D eigenvalue weighted by atomic mass is 10.2. The van der Waals surface area contributed by atoms with Crippen molar-refractivity contribution in [3.8, 4) is 0 Å². The molecule has 0 unspecified atom stereocenters. The number of fused-ring (bicyclic) bond motifs is 1. The number of rotatable bonds is 4. The minimum absolute atomic E-state index is 0.0579. The molecular formula is C16H21N3O3S. The van der Waals surface area contributed by atoms with Gasteiger partial charge in [-0.2, -0.15) is 4.40 Å². The fourth-order valence-corrected chi connectivity index (χ4v) is 2.38.